The highest BCUT2D eigenvalue weighted by Crippen LogP contribution is 2.50. The fourth-order valence-corrected chi connectivity index (χ4v) is 5.06. The predicted molar refractivity (Wildman–Crippen MR) is 116 cm³/mol. The van der Waals surface area contributed by atoms with Crippen molar-refractivity contribution < 1.29 is 27.6 Å². The highest BCUT2D eigenvalue weighted by Gasteiger charge is 2.43. The lowest BCUT2D eigenvalue weighted by atomic mass is 10.1. The number of halogens is 3. The molecule has 3 aromatic rings. The van der Waals surface area contributed by atoms with Gasteiger partial charge < -0.3 is 0 Å². The van der Waals surface area contributed by atoms with Gasteiger partial charge in [-0.05, 0) is 49.4 Å². The normalized spacial score (nSPS) is 15.8. The summed E-state index contributed by atoms with van der Waals surface area (Å²) >= 11 is 1.25. The molecule has 0 bridgehead atoms. The zero-order valence-electron chi connectivity index (χ0n) is 17.1. The number of amides is 3. The van der Waals surface area contributed by atoms with Gasteiger partial charge in [-0.1, -0.05) is 36.0 Å². The molecule has 3 aromatic carbocycles. The Bertz CT molecular complexity index is 1300. The fraction of sp³-hybridized carbons (Fsp3) is 0.125. The van der Waals surface area contributed by atoms with Crippen molar-refractivity contribution in [3.63, 3.8) is 0 Å². The molecule has 2 aliphatic heterocycles. The third-order valence-electron chi connectivity index (χ3n) is 5.64. The Morgan fingerprint density at radius 3 is 2.06 bits per heavy atom. The molecule has 0 saturated heterocycles. The number of imide groups is 1. The number of alkyl halides is 3. The summed E-state index contributed by atoms with van der Waals surface area (Å²) in [5.41, 5.74) is -0.0646. The molecule has 0 unspecified atom stereocenters. The summed E-state index contributed by atoms with van der Waals surface area (Å²) in [5, 5.41) is 0. The van der Waals surface area contributed by atoms with Gasteiger partial charge >= 0.3 is 6.18 Å². The van der Waals surface area contributed by atoms with E-state index in [0.717, 1.165) is 17.0 Å². The van der Waals surface area contributed by atoms with Crippen molar-refractivity contribution in [1.82, 2.24) is 4.90 Å². The minimum absolute atomic E-state index is 0.0574. The molecule has 0 fully saturated rings. The molecule has 5 rings (SSSR count). The number of fused-ring (bicyclic) bond motifs is 3. The fourth-order valence-electron chi connectivity index (χ4n) is 4.03. The average molecular weight is 468 g/mol. The van der Waals surface area contributed by atoms with Crippen molar-refractivity contribution in [2.45, 2.75) is 28.9 Å². The summed E-state index contributed by atoms with van der Waals surface area (Å²) < 4.78 is 40.3. The third-order valence-corrected chi connectivity index (χ3v) is 6.77. The lowest BCUT2D eigenvalue weighted by molar-refractivity contribution is -0.137. The summed E-state index contributed by atoms with van der Waals surface area (Å²) in [4.78, 5) is 42.7. The molecule has 0 saturated carbocycles. The van der Waals surface area contributed by atoms with Gasteiger partial charge in [0.1, 0.15) is 6.04 Å². The highest BCUT2D eigenvalue weighted by molar-refractivity contribution is 7.99. The maximum atomic E-state index is 13.7. The first kappa shape index (κ1) is 21.3. The maximum Gasteiger partial charge on any atom is 0.416 e. The molecule has 0 aromatic heterocycles. The number of rotatable bonds is 2. The number of hydrogen-bond donors (Lipinski definition) is 0. The number of carbonyl (C=O) groups excluding carboxylic acids is 3. The second kappa shape index (κ2) is 7.48. The van der Waals surface area contributed by atoms with E-state index in [1.807, 2.05) is 0 Å². The number of para-hydroxylation sites is 1. The molecular formula is C24H15F3N2O3S. The van der Waals surface area contributed by atoms with Crippen LogP contribution >= 0.6 is 11.8 Å². The summed E-state index contributed by atoms with van der Waals surface area (Å²) in [6, 6.07) is 15.0. The molecule has 0 spiro atoms. The zero-order chi connectivity index (χ0) is 23.5. The van der Waals surface area contributed by atoms with Crippen LogP contribution in [-0.2, 0) is 11.0 Å². The number of carbonyl (C=O) groups is 3. The van der Waals surface area contributed by atoms with Crippen LogP contribution in [0.5, 0.6) is 0 Å². The van der Waals surface area contributed by atoms with Crippen molar-refractivity contribution in [3.05, 3.63) is 83.4 Å². The largest absolute Gasteiger partial charge is 0.416 e. The first-order chi connectivity index (χ1) is 15.7. The van der Waals surface area contributed by atoms with Crippen LogP contribution in [0, 0.1) is 0 Å². The van der Waals surface area contributed by atoms with Gasteiger partial charge in [-0.3, -0.25) is 24.2 Å². The lowest BCUT2D eigenvalue weighted by Crippen LogP contribution is -2.48. The van der Waals surface area contributed by atoms with Crippen molar-refractivity contribution in [2.24, 2.45) is 0 Å². The van der Waals surface area contributed by atoms with Crippen LogP contribution in [0.15, 0.2) is 76.5 Å². The first-order valence-electron chi connectivity index (χ1n) is 9.97. The minimum Gasteiger partial charge on any atom is -0.277 e. The SMILES string of the molecule is C[C@@H](C(=O)N1c2ccccc2Sc2ccc(C(F)(F)F)cc21)N1C(=O)c2ccccc2C1=O. The lowest BCUT2D eigenvalue weighted by Gasteiger charge is -2.34. The Morgan fingerprint density at radius 1 is 0.848 bits per heavy atom. The van der Waals surface area contributed by atoms with Gasteiger partial charge in [0.15, 0.2) is 0 Å². The van der Waals surface area contributed by atoms with Gasteiger partial charge in [-0.25, -0.2) is 0 Å². The van der Waals surface area contributed by atoms with E-state index in [0.29, 0.717) is 15.5 Å². The van der Waals surface area contributed by atoms with Crippen molar-refractivity contribution in [3.8, 4) is 0 Å². The molecule has 0 radical (unpaired) electrons. The molecule has 5 nitrogen and oxygen atoms in total. The van der Waals surface area contributed by atoms with Gasteiger partial charge in [0.2, 0.25) is 0 Å². The van der Waals surface area contributed by atoms with Crippen molar-refractivity contribution in [1.29, 1.82) is 0 Å². The Morgan fingerprint density at radius 2 is 1.42 bits per heavy atom. The van der Waals surface area contributed by atoms with Gasteiger partial charge in [-0.15, -0.1) is 0 Å². The van der Waals surface area contributed by atoms with E-state index in [2.05, 4.69) is 0 Å². The molecule has 9 heteroatoms. The Labute approximate surface area is 190 Å². The monoisotopic (exact) mass is 468 g/mol. The predicted octanol–water partition coefficient (Wildman–Crippen LogP) is 5.52. The number of benzene rings is 3. The van der Waals surface area contributed by atoms with Crippen LogP contribution in [0.2, 0.25) is 0 Å². The third kappa shape index (κ3) is 3.31. The van der Waals surface area contributed by atoms with Crippen molar-refractivity contribution >= 4 is 40.9 Å². The number of anilines is 2. The molecule has 3 amide bonds. The number of nitrogens with zero attached hydrogens (tertiary/aromatic N) is 2. The van der Waals surface area contributed by atoms with Gasteiger partial charge in [0.25, 0.3) is 17.7 Å². The zero-order valence-corrected chi connectivity index (χ0v) is 17.9. The average Bonchev–Trinajstić information content (AvgIpc) is 3.05. The minimum atomic E-state index is -4.60. The molecule has 0 N–H and O–H groups in total. The maximum absolute atomic E-state index is 13.7. The Kier molecular flexibility index (Phi) is 4.82. The second-order valence-electron chi connectivity index (χ2n) is 7.63. The molecule has 2 heterocycles. The van der Waals surface area contributed by atoms with E-state index in [1.54, 1.807) is 36.4 Å². The van der Waals surface area contributed by atoms with Crippen LogP contribution in [-0.4, -0.2) is 28.7 Å². The summed E-state index contributed by atoms with van der Waals surface area (Å²) in [7, 11) is 0. The van der Waals surface area contributed by atoms with Crippen LogP contribution in [0.25, 0.3) is 0 Å². The molecular weight excluding hydrogens is 453 g/mol. The van der Waals surface area contributed by atoms with E-state index in [1.165, 1.54) is 41.8 Å². The second-order valence-corrected chi connectivity index (χ2v) is 8.71. The van der Waals surface area contributed by atoms with Gasteiger partial charge in [0.05, 0.1) is 28.1 Å². The summed E-state index contributed by atoms with van der Waals surface area (Å²) in [6.45, 7) is 1.40. The quantitative estimate of drug-likeness (QED) is 0.465. The Balaban J connectivity index is 1.60. The van der Waals surface area contributed by atoms with E-state index in [-0.39, 0.29) is 16.8 Å². The molecule has 1 atom stereocenters. The number of hydrogen-bond acceptors (Lipinski definition) is 4. The summed E-state index contributed by atoms with van der Waals surface area (Å²) in [6.07, 6.45) is -4.60. The molecule has 2 aliphatic rings. The van der Waals surface area contributed by atoms with Crippen LogP contribution in [0.1, 0.15) is 33.2 Å². The van der Waals surface area contributed by atoms with E-state index < -0.39 is 35.5 Å². The van der Waals surface area contributed by atoms with E-state index in [9.17, 15) is 27.6 Å². The topological polar surface area (TPSA) is 57.7 Å². The van der Waals surface area contributed by atoms with Gasteiger partial charge in [0, 0.05) is 9.79 Å². The standard InChI is InChI=1S/C24H15F3N2O3S/c1-13(28-22(31)15-6-2-3-7-16(15)23(28)32)21(30)29-17-8-4-5-9-19(17)33-20-11-10-14(12-18(20)29)24(25,26)27/h2-13H,1H3/t13-/m0/s1. The van der Waals surface area contributed by atoms with Gasteiger partial charge in [-0.2, -0.15) is 13.2 Å². The highest BCUT2D eigenvalue weighted by atomic mass is 32.2. The smallest absolute Gasteiger partial charge is 0.277 e. The van der Waals surface area contributed by atoms with Crippen LogP contribution in [0.3, 0.4) is 0 Å². The Hall–Kier alpha value is -3.59. The van der Waals surface area contributed by atoms with E-state index in [4.69, 9.17) is 0 Å². The van der Waals surface area contributed by atoms with Crippen molar-refractivity contribution in [2.75, 3.05) is 4.90 Å². The molecule has 0 aliphatic carbocycles. The van der Waals surface area contributed by atoms with E-state index >= 15 is 0 Å². The van der Waals surface area contributed by atoms with Crippen LogP contribution in [0.4, 0.5) is 24.5 Å². The van der Waals surface area contributed by atoms with Crippen LogP contribution < -0.4 is 4.90 Å². The molecule has 33 heavy (non-hydrogen) atoms. The molecule has 166 valence electrons. The first-order valence-corrected chi connectivity index (χ1v) is 10.8. The summed E-state index contributed by atoms with van der Waals surface area (Å²) in [5.74, 6) is -1.90.